The Morgan fingerprint density at radius 3 is 2.95 bits per heavy atom. The molecule has 2 N–H and O–H groups in total. The number of hydrogen-bond donors (Lipinski definition) is 1. The molecule has 2 aromatic heterocycles. The first kappa shape index (κ1) is 13.8. The first-order chi connectivity index (χ1) is 9.11. The molecule has 2 rings (SSSR count). The number of carbonyl (C=O) groups is 1. The van der Waals surface area contributed by atoms with Gasteiger partial charge in [0.05, 0.1) is 18.8 Å². The van der Waals surface area contributed by atoms with Crippen LogP contribution in [0.15, 0.2) is 28.2 Å². The molecule has 1 amide bonds. The van der Waals surface area contributed by atoms with Crippen LogP contribution in [0.3, 0.4) is 0 Å². The number of aromatic nitrogens is 1. The average Bonchev–Trinajstić information content (AvgIpc) is 3.06. The van der Waals surface area contributed by atoms with Gasteiger partial charge in [0.1, 0.15) is 16.5 Å². The fourth-order valence-corrected chi connectivity index (χ4v) is 2.43. The Hall–Kier alpha value is -1.66. The Morgan fingerprint density at radius 1 is 1.63 bits per heavy atom. The Kier molecular flexibility index (Phi) is 4.34. The summed E-state index contributed by atoms with van der Waals surface area (Å²) in [4.78, 5) is 18.3. The summed E-state index contributed by atoms with van der Waals surface area (Å²) in [5.41, 5.74) is 6.20. The van der Waals surface area contributed by atoms with Crippen molar-refractivity contribution in [3.8, 4) is 0 Å². The number of hydrogen-bond acceptors (Lipinski definition) is 5. The monoisotopic (exact) mass is 279 g/mol. The van der Waals surface area contributed by atoms with E-state index in [1.54, 1.807) is 16.5 Å². The molecule has 2 heterocycles. The van der Waals surface area contributed by atoms with Crippen LogP contribution in [0, 0.1) is 0 Å². The average molecular weight is 279 g/mol. The van der Waals surface area contributed by atoms with Crippen molar-refractivity contribution in [3.05, 3.63) is 40.2 Å². The number of carbonyl (C=O) groups excluding carboxylic acids is 1. The minimum Gasteiger partial charge on any atom is -0.467 e. The zero-order valence-corrected chi connectivity index (χ0v) is 11.8. The lowest BCUT2D eigenvalue weighted by Gasteiger charge is -2.18. The molecule has 0 saturated carbocycles. The molecule has 19 heavy (non-hydrogen) atoms. The van der Waals surface area contributed by atoms with E-state index >= 15 is 0 Å². The van der Waals surface area contributed by atoms with Crippen LogP contribution >= 0.6 is 11.3 Å². The summed E-state index contributed by atoms with van der Waals surface area (Å²) < 4.78 is 5.26. The fourth-order valence-electron chi connectivity index (χ4n) is 1.67. The molecule has 2 aromatic rings. The van der Waals surface area contributed by atoms with E-state index in [-0.39, 0.29) is 11.9 Å². The van der Waals surface area contributed by atoms with Crippen LogP contribution < -0.4 is 5.73 Å². The highest BCUT2D eigenvalue weighted by Crippen LogP contribution is 2.18. The van der Waals surface area contributed by atoms with Crippen LogP contribution in [-0.4, -0.2) is 22.3 Å². The van der Waals surface area contributed by atoms with Gasteiger partial charge in [-0.05, 0) is 26.0 Å². The summed E-state index contributed by atoms with van der Waals surface area (Å²) in [7, 11) is 0. The maximum Gasteiger partial charge on any atom is 0.273 e. The number of nitrogens with zero attached hydrogens (tertiary/aromatic N) is 2. The lowest BCUT2D eigenvalue weighted by Crippen LogP contribution is -2.30. The molecule has 1 unspecified atom stereocenters. The van der Waals surface area contributed by atoms with E-state index in [4.69, 9.17) is 10.2 Å². The molecule has 6 heteroatoms. The minimum absolute atomic E-state index is 0.0953. The second-order valence-electron chi connectivity index (χ2n) is 4.26. The van der Waals surface area contributed by atoms with Gasteiger partial charge < -0.3 is 15.1 Å². The van der Waals surface area contributed by atoms with Crippen molar-refractivity contribution in [2.75, 3.05) is 6.54 Å². The van der Waals surface area contributed by atoms with E-state index in [9.17, 15) is 4.79 Å². The molecule has 0 aliphatic heterocycles. The standard InChI is InChI=1S/C13H17N3O2S/c1-3-16(7-10-5-4-6-18-10)13(17)11-8-19-12(15-11)9(2)14/h4-6,8-9H,3,7,14H2,1-2H3. The van der Waals surface area contributed by atoms with Crippen LogP contribution in [0.5, 0.6) is 0 Å². The van der Waals surface area contributed by atoms with Crippen LogP contribution in [0.1, 0.15) is 41.1 Å². The van der Waals surface area contributed by atoms with Gasteiger partial charge in [-0.3, -0.25) is 4.79 Å². The van der Waals surface area contributed by atoms with E-state index < -0.39 is 0 Å². The van der Waals surface area contributed by atoms with Gasteiger partial charge in [0.2, 0.25) is 0 Å². The van der Waals surface area contributed by atoms with Gasteiger partial charge in [0.25, 0.3) is 5.91 Å². The summed E-state index contributed by atoms with van der Waals surface area (Å²) >= 11 is 1.41. The van der Waals surface area contributed by atoms with Crippen molar-refractivity contribution in [1.29, 1.82) is 0 Å². The van der Waals surface area contributed by atoms with E-state index in [0.717, 1.165) is 10.8 Å². The third-order valence-electron chi connectivity index (χ3n) is 2.73. The first-order valence-electron chi connectivity index (χ1n) is 6.14. The zero-order chi connectivity index (χ0) is 13.8. The van der Waals surface area contributed by atoms with Gasteiger partial charge in [-0.15, -0.1) is 11.3 Å². The van der Waals surface area contributed by atoms with Crippen LogP contribution in [0.25, 0.3) is 0 Å². The molecule has 0 spiro atoms. The molecular weight excluding hydrogens is 262 g/mol. The molecule has 0 saturated heterocycles. The molecule has 0 aromatic carbocycles. The molecular formula is C13H17N3O2S. The third-order valence-corrected chi connectivity index (χ3v) is 3.77. The fraction of sp³-hybridized carbons (Fsp3) is 0.385. The van der Waals surface area contributed by atoms with Crippen molar-refractivity contribution in [1.82, 2.24) is 9.88 Å². The van der Waals surface area contributed by atoms with E-state index in [0.29, 0.717) is 18.8 Å². The molecule has 0 radical (unpaired) electrons. The van der Waals surface area contributed by atoms with Gasteiger partial charge in [0, 0.05) is 11.9 Å². The van der Waals surface area contributed by atoms with Crippen molar-refractivity contribution in [3.63, 3.8) is 0 Å². The second-order valence-corrected chi connectivity index (χ2v) is 5.15. The van der Waals surface area contributed by atoms with E-state index in [1.807, 2.05) is 26.0 Å². The smallest absolute Gasteiger partial charge is 0.273 e. The lowest BCUT2D eigenvalue weighted by molar-refractivity contribution is 0.0736. The van der Waals surface area contributed by atoms with Gasteiger partial charge in [0.15, 0.2) is 0 Å². The molecule has 1 atom stereocenters. The Labute approximate surface area is 116 Å². The first-order valence-corrected chi connectivity index (χ1v) is 7.02. The summed E-state index contributed by atoms with van der Waals surface area (Å²) in [5.74, 6) is 0.667. The maximum absolute atomic E-state index is 12.3. The molecule has 102 valence electrons. The highest BCUT2D eigenvalue weighted by Gasteiger charge is 2.19. The number of nitrogens with two attached hydrogens (primary N) is 1. The number of thiazole rings is 1. The van der Waals surface area contributed by atoms with Crippen molar-refractivity contribution < 1.29 is 9.21 Å². The summed E-state index contributed by atoms with van der Waals surface area (Å²) in [6, 6.07) is 3.52. The number of rotatable bonds is 5. The summed E-state index contributed by atoms with van der Waals surface area (Å²) in [6.45, 7) is 4.84. The predicted octanol–water partition coefficient (Wildman–Crippen LogP) is 2.42. The van der Waals surface area contributed by atoms with E-state index in [1.165, 1.54) is 11.3 Å². The van der Waals surface area contributed by atoms with Crippen molar-refractivity contribution in [2.45, 2.75) is 26.4 Å². The molecule has 0 fully saturated rings. The number of amides is 1. The highest BCUT2D eigenvalue weighted by atomic mass is 32.1. The van der Waals surface area contributed by atoms with Gasteiger partial charge in [-0.25, -0.2) is 4.98 Å². The third kappa shape index (κ3) is 3.21. The van der Waals surface area contributed by atoms with Gasteiger partial charge >= 0.3 is 0 Å². The van der Waals surface area contributed by atoms with Gasteiger partial charge in [-0.1, -0.05) is 0 Å². The zero-order valence-electron chi connectivity index (χ0n) is 11.0. The second kappa shape index (κ2) is 5.99. The van der Waals surface area contributed by atoms with Crippen LogP contribution in [0.4, 0.5) is 0 Å². The quantitative estimate of drug-likeness (QED) is 0.912. The molecule has 5 nitrogen and oxygen atoms in total. The van der Waals surface area contributed by atoms with Gasteiger partial charge in [-0.2, -0.15) is 0 Å². The normalized spacial score (nSPS) is 12.4. The maximum atomic E-state index is 12.3. The lowest BCUT2D eigenvalue weighted by atomic mass is 10.3. The summed E-state index contributed by atoms with van der Waals surface area (Å²) in [6.07, 6.45) is 1.60. The molecule has 0 bridgehead atoms. The van der Waals surface area contributed by atoms with E-state index in [2.05, 4.69) is 4.98 Å². The molecule has 0 aliphatic carbocycles. The largest absolute Gasteiger partial charge is 0.467 e. The highest BCUT2D eigenvalue weighted by molar-refractivity contribution is 7.09. The van der Waals surface area contributed by atoms with Crippen LogP contribution in [-0.2, 0) is 6.54 Å². The minimum atomic E-state index is -0.147. The topological polar surface area (TPSA) is 72.4 Å². The molecule has 0 aliphatic rings. The SMILES string of the molecule is CCN(Cc1ccco1)C(=O)c1csc(C(C)N)n1. The van der Waals surface area contributed by atoms with Crippen molar-refractivity contribution in [2.24, 2.45) is 5.73 Å². The summed E-state index contributed by atoms with van der Waals surface area (Å²) in [5, 5.41) is 2.53. The van der Waals surface area contributed by atoms with Crippen LogP contribution in [0.2, 0.25) is 0 Å². The Balaban J connectivity index is 2.11. The predicted molar refractivity (Wildman–Crippen MR) is 73.8 cm³/mol. The number of furan rings is 1. The van der Waals surface area contributed by atoms with Crippen molar-refractivity contribution >= 4 is 17.2 Å². The Morgan fingerprint density at radius 2 is 2.42 bits per heavy atom. The Bertz CT molecular complexity index is 534.